The van der Waals surface area contributed by atoms with E-state index in [1.54, 1.807) is 7.11 Å². The van der Waals surface area contributed by atoms with Crippen molar-refractivity contribution in [2.75, 3.05) is 27.4 Å². The Morgan fingerprint density at radius 2 is 2.12 bits per heavy atom. The van der Waals surface area contributed by atoms with Gasteiger partial charge in [0.25, 0.3) is 0 Å². The highest BCUT2D eigenvalue weighted by Crippen LogP contribution is 2.19. The predicted octanol–water partition coefficient (Wildman–Crippen LogP) is 1.94. The number of ether oxygens (including phenoxy) is 3. The minimum atomic E-state index is -0.504. The van der Waals surface area contributed by atoms with Crippen molar-refractivity contribution in [2.24, 2.45) is 0 Å². The highest BCUT2D eigenvalue weighted by molar-refractivity contribution is 6.29. The van der Waals surface area contributed by atoms with E-state index in [4.69, 9.17) is 21.1 Å². The van der Waals surface area contributed by atoms with E-state index in [1.165, 1.54) is 19.2 Å². The summed E-state index contributed by atoms with van der Waals surface area (Å²) in [4.78, 5) is 15.4. The molecule has 0 amide bonds. The summed E-state index contributed by atoms with van der Waals surface area (Å²) in [7, 11) is 2.91. The topological polar surface area (TPSA) is 57.7 Å². The van der Waals surface area contributed by atoms with E-state index in [-0.39, 0.29) is 16.6 Å². The average molecular weight is 260 g/mol. The summed E-state index contributed by atoms with van der Waals surface area (Å²) in [6, 6.07) is 3.03. The van der Waals surface area contributed by atoms with Crippen molar-refractivity contribution in [2.45, 2.75) is 6.42 Å². The number of nitrogens with zero attached hydrogens (tertiary/aromatic N) is 1. The first-order valence-electron chi connectivity index (χ1n) is 5.05. The van der Waals surface area contributed by atoms with Crippen LogP contribution >= 0.6 is 11.6 Å². The van der Waals surface area contributed by atoms with E-state index in [0.717, 1.165) is 0 Å². The zero-order chi connectivity index (χ0) is 12.7. The van der Waals surface area contributed by atoms with Gasteiger partial charge in [-0.3, -0.25) is 0 Å². The molecule has 1 heterocycles. The lowest BCUT2D eigenvalue weighted by atomic mass is 10.3. The SMILES string of the molecule is COCCCOc1nc(Cl)ccc1C(=O)OC. The lowest BCUT2D eigenvalue weighted by molar-refractivity contribution is 0.0594. The first-order chi connectivity index (χ1) is 8.19. The van der Waals surface area contributed by atoms with Gasteiger partial charge in [0.15, 0.2) is 0 Å². The molecule has 0 aromatic carbocycles. The smallest absolute Gasteiger partial charge is 0.343 e. The fourth-order valence-corrected chi connectivity index (χ4v) is 1.31. The van der Waals surface area contributed by atoms with Crippen LogP contribution in [0.15, 0.2) is 12.1 Å². The molecule has 0 fully saturated rings. The molecule has 94 valence electrons. The number of pyridine rings is 1. The van der Waals surface area contributed by atoms with E-state index < -0.39 is 5.97 Å². The van der Waals surface area contributed by atoms with Crippen LogP contribution in [-0.2, 0) is 9.47 Å². The van der Waals surface area contributed by atoms with Crippen LogP contribution in [-0.4, -0.2) is 38.4 Å². The van der Waals surface area contributed by atoms with E-state index in [1.807, 2.05) is 0 Å². The van der Waals surface area contributed by atoms with Crippen LogP contribution in [0, 0.1) is 0 Å². The van der Waals surface area contributed by atoms with E-state index in [0.29, 0.717) is 19.6 Å². The molecule has 1 aromatic heterocycles. The average Bonchev–Trinajstić information content (AvgIpc) is 2.34. The Balaban J connectivity index is 2.73. The molecule has 0 unspecified atom stereocenters. The van der Waals surface area contributed by atoms with Crippen molar-refractivity contribution in [3.63, 3.8) is 0 Å². The third-order valence-electron chi connectivity index (χ3n) is 1.96. The summed E-state index contributed by atoms with van der Waals surface area (Å²) in [5.74, 6) is -0.323. The van der Waals surface area contributed by atoms with Crippen LogP contribution in [0.1, 0.15) is 16.8 Å². The molecular formula is C11H14ClNO4. The zero-order valence-electron chi connectivity index (χ0n) is 9.73. The van der Waals surface area contributed by atoms with E-state index in [2.05, 4.69) is 9.72 Å². The summed E-state index contributed by atoms with van der Waals surface area (Å²) < 4.78 is 14.9. The molecular weight excluding hydrogens is 246 g/mol. The van der Waals surface area contributed by atoms with Crippen LogP contribution in [0.2, 0.25) is 5.15 Å². The zero-order valence-corrected chi connectivity index (χ0v) is 10.5. The molecule has 0 radical (unpaired) electrons. The van der Waals surface area contributed by atoms with Gasteiger partial charge in [-0.1, -0.05) is 11.6 Å². The normalized spacial score (nSPS) is 10.1. The van der Waals surface area contributed by atoms with Crippen LogP contribution in [0.3, 0.4) is 0 Å². The maximum atomic E-state index is 11.4. The second kappa shape index (κ2) is 7.09. The van der Waals surface area contributed by atoms with Gasteiger partial charge < -0.3 is 14.2 Å². The van der Waals surface area contributed by atoms with Gasteiger partial charge in [0.2, 0.25) is 5.88 Å². The summed E-state index contributed by atoms with van der Waals surface area (Å²) in [5.41, 5.74) is 0.259. The standard InChI is InChI=1S/C11H14ClNO4/c1-15-6-3-7-17-10-8(11(14)16-2)4-5-9(12)13-10/h4-5H,3,6-7H2,1-2H3. The van der Waals surface area contributed by atoms with Gasteiger partial charge in [0, 0.05) is 20.1 Å². The molecule has 5 nitrogen and oxygen atoms in total. The second-order valence-corrected chi connectivity index (χ2v) is 3.56. The highest BCUT2D eigenvalue weighted by Gasteiger charge is 2.14. The second-order valence-electron chi connectivity index (χ2n) is 3.17. The van der Waals surface area contributed by atoms with Crippen molar-refractivity contribution in [3.05, 3.63) is 22.8 Å². The van der Waals surface area contributed by atoms with Gasteiger partial charge in [-0.25, -0.2) is 9.78 Å². The van der Waals surface area contributed by atoms with Crippen molar-refractivity contribution in [3.8, 4) is 5.88 Å². The molecule has 0 saturated heterocycles. The Morgan fingerprint density at radius 3 is 2.76 bits per heavy atom. The molecule has 0 saturated carbocycles. The van der Waals surface area contributed by atoms with Crippen LogP contribution in [0.4, 0.5) is 0 Å². The molecule has 0 atom stereocenters. The quantitative estimate of drug-likeness (QED) is 0.444. The van der Waals surface area contributed by atoms with Crippen molar-refractivity contribution in [1.29, 1.82) is 0 Å². The number of aromatic nitrogens is 1. The number of hydrogen-bond donors (Lipinski definition) is 0. The first kappa shape index (κ1) is 13.7. The van der Waals surface area contributed by atoms with Crippen molar-refractivity contribution in [1.82, 2.24) is 4.98 Å². The van der Waals surface area contributed by atoms with Gasteiger partial charge in [0.05, 0.1) is 13.7 Å². The van der Waals surface area contributed by atoms with Gasteiger partial charge in [0.1, 0.15) is 10.7 Å². The Labute approximate surface area is 105 Å². The monoisotopic (exact) mass is 259 g/mol. The van der Waals surface area contributed by atoms with Gasteiger partial charge in [-0.05, 0) is 12.1 Å². The maximum absolute atomic E-state index is 11.4. The molecule has 0 bridgehead atoms. The van der Waals surface area contributed by atoms with E-state index >= 15 is 0 Å². The fraction of sp³-hybridized carbons (Fsp3) is 0.455. The minimum absolute atomic E-state index is 0.181. The summed E-state index contributed by atoms with van der Waals surface area (Å²) in [5, 5.41) is 0.263. The first-order valence-corrected chi connectivity index (χ1v) is 5.43. The van der Waals surface area contributed by atoms with Gasteiger partial charge in [-0.15, -0.1) is 0 Å². The number of esters is 1. The third-order valence-corrected chi connectivity index (χ3v) is 2.17. The van der Waals surface area contributed by atoms with Crippen LogP contribution < -0.4 is 4.74 Å². The maximum Gasteiger partial charge on any atom is 0.343 e. The summed E-state index contributed by atoms with van der Waals surface area (Å²) >= 11 is 5.74. The number of hydrogen-bond acceptors (Lipinski definition) is 5. The molecule has 0 N–H and O–H groups in total. The largest absolute Gasteiger partial charge is 0.477 e. The van der Waals surface area contributed by atoms with Crippen molar-refractivity contribution < 1.29 is 19.0 Å². The van der Waals surface area contributed by atoms with Crippen molar-refractivity contribution >= 4 is 17.6 Å². The lowest BCUT2D eigenvalue weighted by Crippen LogP contribution is -2.09. The number of carbonyl (C=O) groups is 1. The third kappa shape index (κ3) is 4.20. The number of halogens is 1. The Morgan fingerprint density at radius 1 is 1.35 bits per heavy atom. The van der Waals surface area contributed by atoms with Gasteiger partial charge in [-0.2, -0.15) is 0 Å². The minimum Gasteiger partial charge on any atom is -0.477 e. The Hall–Kier alpha value is -1.33. The van der Waals surface area contributed by atoms with Crippen LogP contribution in [0.25, 0.3) is 0 Å². The molecule has 6 heteroatoms. The van der Waals surface area contributed by atoms with Gasteiger partial charge >= 0.3 is 5.97 Å². The summed E-state index contributed by atoms with van der Waals surface area (Å²) in [6.45, 7) is 0.972. The van der Waals surface area contributed by atoms with E-state index in [9.17, 15) is 4.79 Å². The molecule has 17 heavy (non-hydrogen) atoms. The number of rotatable bonds is 6. The summed E-state index contributed by atoms with van der Waals surface area (Å²) in [6.07, 6.45) is 0.700. The molecule has 0 spiro atoms. The number of carbonyl (C=O) groups excluding carboxylic acids is 1. The predicted molar refractivity (Wildman–Crippen MR) is 62.6 cm³/mol. The molecule has 1 rings (SSSR count). The van der Waals surface area contributed by atoms with Crippen LogP contribution in [0.5, 0.6) is 5.88 Å². The Bertz CT molecular complexity index is 384. The lowest BCUT2D eigenvalue weighted by Gasteiger charge is -2.09. The molecule has 0 aliphatic rings. The fourth-order valence-electron chi connectivity index (χ4n) is 1.17. The molecule has 0 aliphatic heterocycles. The number of methoxy groups -OCH3 is 2. The molecule has 0 aliphatic carbocycles. The Kier molecular flexibility index (Phi) is 5.72. The molecule has 1 aromatic rings. The highest BCUT2D eigenvalue weighted by atomic mass is 35.5.